The number of nitrogens with zero attached hydrogens (tertiary/aromatic N) is 4. The summed E-state index contributed by atoms with van der Waals surface area (Å²) in [6, 6.07) is 13.5. The van der Waals surface area contributed by atoms with Gasteiger partial charge < -0.3 is 5.32 Å². The highest BCUT2D eigenvalue weighted by atomic mass is 35.5. The predicted molar refractivity (Wildman–Crippen MR) is 112 cm³/mol. The van der Waals surface area contributed by atoms with Crippen molar-refractivity contribution < 1.29 is 4.79 Å². The smallest absolute Gasteiger partial charge is 0.254 e. The van der Waals surface area contributed by atoms with Crippen molar-refractivity contribution in [2.45, 2.75) is 25.4 Å². The summed E-state index contributed by atoms with van der Waals surface area (Å²) in [6.07, 6.45) is 6.78. The van der Waals surface area contributed by atoms with Crippen molar-refractivity contribution in [2.24, 2.45) is 0 Å². The van der Waals surface area contributed by atoms with Crippen LogP contribution < -0.4 is 5.32 Å². The van der Waals surface area contributed by atoms with Gasteiger partial charge in [-0.15, -0.1) is 0 Å². The fourth-order valence-corrected chi connectivity index (χ4v) is 3.64. The van der Waals surface area contributed by atoms with Gasteiger partial charge >= 0.3 is 0 Å². The Balaban J connectivity index is 1.30. The molecule has 0 spiro atoms. The van der Waals surface area contributed by atoms with Crippen molar-refractivity contribution >= 4 is 17.5 Å². The molecule has 1 aliphatic heterocycles. The van der Waals surface area contributed by atoms with E-state index in [0.29, 0.717) is 16.4 Å². The molecule has 0 saturated carbocycles. The third-order valence-electron chi connectivity index (χ3n) is 5.03. The lowest BCUT2D eigenvalue weighted by Gasteiger charge is -2.32. The van der Waals surface area contributed by atoms with E-state index in [4.69, 9.17) is 11.6 Å². The number of carbonyl (C=O) groups excluding carboxylic acids is 1. The van der Waals surface area contributed by atoms with E-state index in [2.05, 4.69) is 25.2 Å². The predicted octanol–water partition coefficient (Wildman–Crippen LogP) is 3.59. The maximum Gasteiger partial charge on any atom is 0.254 e. The monoisotopic (exact) mass is 407 g/mol. The first-order valence-corrected chi connectivity index (χ1v) is 10.1. The highest BCUT2D eigenvalue weighted by Crippen LogP contribution is 2.19. The van der Waals surface area contributed by atoms with E-state index in [9.17, 15) is 4.79 Å². The zero-order chi connectivity index (χ0) is 20.1. The lowest BCUT2D eigenvalue weighted by atomic mass is 10.0. The molecule has 6 nitrogen and oxygen atoms in total. The number of carbonyl (C=O) groups is 1. The summed E-state index contributed by atoms with van der Waals surface area (Å²) in [5.41, 5.74) is 2.36. The quantitative estimate of drug-likeness (QED) is 0.699. The van der Waals surface area contributed by atoms with Crippen LogP contribution in [-0.2, 0) is 6.54 Å². The van der Waals surface area contributed by atoms with E-state index in [-0.39, 0.29) is 11.9 Å². The topological polar surface area (TPSA) is 71.0 Å². The summed E-state index contributed by atoms with van der Waals surface area (Å²) in [5, 5.41) is 3.73. The maximum atomic E-state index is 12.6. The first-order valence-electron chi connectivity index (χ1n) is 9.68. The number of nitrogens with one attached hydrogen (secondary N) is 1. The second-order valence-corrected chi connectivity index (χ2v) is 7.59. The Labute approximate surface area is 175 Å². The Hall–Kier alpha value is -2.83. The van der Waals surface area contributed by atoms with E-state index < -0.39 is 0 Å². The molecule has 0 unspecified atom stereocenters. The number of pyridine rings is 1. The molecule has 148 valence electrons. The zero-order valence-corrected chi connectivity index (χ0v) is 16.7. The Morgan fingerprint density at radius 3 is 2.55 bits per heavy atom. The van der Waals surface area contributed by atoms with Gasteiger partial charge in [0.2, 0.25) is 0 Å². The van der Waals surface area contributed by atoms with Crippen LogP contribution in [0.3, 0.4) is 0 Å². The SMILES string of the molecule is O=C(NC1CCN(Cc2ccccn2)CC1)c1cnc(-c2cccc(Cl)c2)nc1. The Bertz CT molecular complexity index is 956. The van der Waals surface area contributed by atoms with Crippen LogP contribution in [-0.4, -0.2) is 44.9 Å². The molecule has 1 fully saturated rings. The number of rotatable bonds is 5. The Morgan fingerprint density at radius 1 is 1.07 bits per heavy atom. The molecule has 1 saturated heterocycles. The Morgan fingerprint density at radius 2 is 1.86 bits per heavy atom. The van der Waals surface area contributed by atoms with Crippen LogP contribution in [0.5, 0.6) is 0 Å². The molecule has 3 heterocycles. The number of benzene rings is 1. The molecule has 3 aromatic rings. The molecule has 0 radical (unpaired) electrons. The lowest BCUT2D eigenvalue weighted by molar-refractivity contribution is 0.0908. The molecule has 1 aromatic carbocycles. The number of halogens is 1. The van der Waals surface area contributed by atoms with Crippen LogP contribution in [0, 0.1) is 0 Å². The second kappa shape index (κ2) is 9.11. The van der Waals surface area contributed by atoms with Crippen molar-refractivity contribution in [1.29, 1.82) is 0 Å². The molecule has 1 N–H and O–H groups in total. The van der Waals surface area contributed by atoms with Crippen LogP contribution in [0.2, 0.25) is 5.02 Å². The summed E-state index contributed by atoms with van der Waals surface area (Å²) in [5.74, 6) is 0.415. The van der Waals surface area contributed by atoms with Gasteiger partial charge in [0, 0.05) is 54.9 Å². The fourth-order valence-electron chi connectivity index (χ4n) is 3.45. The van der Waals surface area contributed by atoms with E-state index in [1.165, 1.54) is 0 Å². The van der Waals surface area contributed by atoms with Gasteiger partial charge in [-0.3, -0.25) is 14.7 Å². The lowest BCUT2D eigenvalue weighted by Crippen LogP contribution is -2.44. The molecular formula is C22H22ClN5O. The molecule has 0 aliphatic carbocycles. The van der Waals surface area contributed by atoms with E-state index in [1.807, 2.05) is 36.5 Å². The van der Waals surface area contributed by atoms with Crippen LogP contribution in [0.4, 0.5) is 0 Å². The Kier molecular flexibility index (Phi) is 6.12. The van der Waals surface area contributed by atoms with Gasteiger partial charge in [-0.2, -0.15) is 0 Å². The largest absolute Gasteiger partial charge is 0.349 e. The molecule has 2 aromatic heterocycles. The van der Waals surface area contributed by atoms with Crippen LogP contribution in [0.1, 0.15) is 28.9 Å². The molecule has 7 heteroatoms. The minimum Gasteiger partial charge on any atom is -0.349 e. The van der Waals surface area contributed by atoms with Crippen LogP contribution in [0.15, 0.2) is 61.1 Å². The van der Waals surface area contributed by atoms with Gasteiger partial charge in [0.15, 0.2) is 5.82 Å². The highest BCUT2D eigenvalue weighted by molar-refractivity contribution is 6.30. The number of hydrogen-bond donors (Lipinski definition) is 1. The standard InChI is InChI=1S/C22H22ClN5O/c23-18-5-3-4-16(12-18)21-25-13-17(14-26-21)22(29)27-19-7-10-28(11-8-19)15-20-6-1-2-9-24-20/h1-6,9,12-14,19H,7-8,10-11,15H2,(H,27,29). The van der Waals surface area contributed by atoms with Gasteiger partial charge in [-0.25, -0.2) is 9.97 Å². The molecular weight excluding hydrogens is 386 g/mol. The van der Waals surface area contributed by atoms with Crippen molar-refractivity contribution in [2.75, 3.05) is 13.1 Å². The third-order valence-corrected chi connectivity index (χ3v) is 5.27. The molecule has 29 heavy (non-hydrogen) atoms. The van der Waals surface area contributed by atoms with Gasteiger partial charge in [0.25, 0.3) is 5.91 Å². The molecule has 1 aliphatic rings. The number of likely N-dealkylation sites (tertiary alicyclic amines) is 1. The fraction of sp³-hybridized carbons (Fsp3) is 0.273. The molecule has 0 atom stereocenters. The van der Waals surface area contributed by atoms with Gasteiger partial charge in [-0.05, 0) is 37.1 Å². The van der Waals surface area contributed by atoms with E-state index >= 15 is 0 Å². The summed E-state index contributed by atoms with van der Waals surface area (Å²) in [6.45, 7) is 2.72. The van der Waals surface area contributed by atoms with Crippen LogP contribution in [0.25, 0.3) is 11.4 Å². The minimum absolute atomic E-state index is 0.133. The summed E-state index contributed by atoms with van der Waals surface area (Å²) < 4.78 is 0. The first-order chi connectivity index (χ1) is 14.2. The van der Waals surface area contributed by atoms with Crippen molar-refractivity contribution in [3.8, 4) is 11.4 Å². The van der Waals surface area contributed by atoms with Gasteiger partial charge in [0.05, 0.1) is 11.3 Å². The van der Waals surface area contributed by atoms with Crippen molar-refractivity contribution in [3.05, 3.63) is 77.3 Å². The van der Waals surface area contributed by atoms with Crippen LogP contribution >= 0.6 is 11.6 Å². The van der Waals surface area contributed by atoms with Crippen molar-refractivity contribution in [3.63, 3.8) is 0 Å². The number of aromatic nitrogens is 3. The highest BCUT2D eigenvalue weighted by Gasteiger charge is 2.21. The molecule has 1 amide bonds. The average Bonchev–Trinajstić information content (AvgIpc) is 2.76. The molecule has 0 bridgehead atoms. The summed E-state index contributed by atoms with van der Waals surface area (Å²) in [4.78, 5) is 27.9. The summed E-state index contributed by atoms with van der Waals surface area (Å²) >= 11 is 6.01. The number of hydrogen-bond acceptors (Lipinski definition) is 5. The minimum atomic E-state index is -0.133. The maximum absolute atomic E-state index is 12.6. The number of amides is 1. The third kappa shape index (κ3) is 5.16. The van der Waals surface area contributed by atoms with Gasteiger partial charge in [-0.1, -0.05) is 29.8 Å². The van der Waals surface area contributed by atoms with Crippen molar-refractivity contribution in [1.82, 2.24) is 25.2 Å². The van der Waals surface area contributed by atoms with Gasteiger partial charge in [0.1, 0.15) is 0 Å². The normalized spacial score (nSPS) is 15.2. The average molecular weight is 408 g/mol. The van der Waals surface area contributed by atoms with E-state index in [1.54, 1.807) is 24.5 Å². The zero-order valence-electron chi connectivity index (χ0n) is 16.0. The van der Waals surface area contributed by atoms with E-state index in [0.717, 1.165) is 43.7 Å². The number of piperidine rings is 1. The second-order valence-electron chi connectivity index (χ2n) is 7.15. The summed E-state index contributed by atoms with van der Waals surface area (Å²) in [7, 11) is 0. The first kappa shape index (κ1) is 19.5. The molecule has 4 rings (SSSR count).